The maximum Gasteiger partial charge on any atom is 0.251 e. The Kier molecular flexibility index (Phi) is 4.69. The van der Waals surface area contributed by atoms with Crippen molar-refractivity contribution in [2.75, 3.05) is 6.54 Å². The number of aliphatic hydroxyl groups excluding tert-OH is 1. The number of rotatable bonds is 5. The van der Waals surface area contributed by atoms with E-state index in [2.05, 4.69) is 5.32 Å². The van der Waals surface area contributed by atoms with Gasteiger partial charge in [0, 0.05) is 12.1 Å². The first-order chi connectivity index (χ1) is 11.3. The molecule has 116 valence electrons. The number of hydrogen-bond donors (Lipinski definition) is 2. The average Bonchev–Trinajstić information content (AvgIpc) is 2.61. The van der Waals surface area contributed by atoms with E-state index in [0.29, 0.717) is 18.5 Å². The maximum atomic E-state index is 12.4. The van der Waals surface area contributed by atoms with Gasteiger partial charge in [-0.1, -0.05) is 66.7 Å². The monoisotopic (exact) mass is 305 g/mol. The van der Waals surface area contributed by atoms with E-state index in [9.17, 15) is 9.90 Å². The lowest BCUT2D eigenvalue weighted by Gasteiger charge is -2.12. The molecule has 2 N–H and O–H groups in total. The second kappa shape index (κ2) is 7.07. The molecule has 0 radical (unpaired) electrons. The van der Waals surface area contributed by atoms with E-state index in [1.807, 2.05) is 72.8 Å². The number of fused-ring (bicyclic) bond motifs is 1. The highest BCUT2D eigenvalue weighted by molar-refractivity contribution is 6.06. The van der Waals surface area contributed by atoms with Gasteiger partial charge in [0.25, 0.3) is 5.91 Å². The molecular formula is C20H19NO2. The first kappa shape index (κ1) is 15.3. The molecule has 0 saturated heterocycles. The van der Waals surface area contributed by atoms with Crippen LogP contribution >= 0.6 is 0 Å². The molecule has 0 unspecified atom stereocenters. The van der Waals surface area contributed by atoms with Crippen molar-refractivity contribution in [3.8, 4) is 0 Å². The molecule has 0 aliphatic heterocycles. The molecule has 0 spiro atoms. The summed E-state index contributed by atoms with van der Waals surface area (Å²) in [7, 11) is 0. The second-order valence-corrected chi connectivity index (χ2v) is 5.50. The minimum Gasteiger partial charge on any atom is -0.388 e. The Balaban J connectivity index is 1.63. The zero-order valence-electron chi connectivity index (χ0n) is 12.8. The molecular weight excluding hydrogens is 286 g/mol. The molecule has 0 bridgehead atoms. The van der Waals surface area contributed by atoms with Crippen molar-refractivity contribution in [1.29, 1.82) is 0 Å². The summed E-state index contributed by atoms with van der Waals surface area (Å²) in [5, 5.41) is 15.0. The third-order valence-corrected chi connectivity index (χ3v) is 3.92. The van der Waals surface area contributed by atoms with Crippen molar-refractivity contribution >= 4 is 16.7 Å². The van der Waals surface area contributed by atoms with E-state index >= 15 is 0 Å². The number of nitrogens with one attached hydrogen (secondary N) is 1. The highest BCUT2D eigenvalue weighted by Gasteiger charge is 2.11. The molecule has 23 heavy (non-hydrogen) atoms. The van der Waals surface area contributed by atoms with Crippen LogP contribution in [-0.2, 0) is 0 Å². The van der Waals surface area contributed by atoms with E-state index in [1.54, 1.807) is 0 Å². The Bertz CT molecular complexity index is 794. The van der Waals surface area contributed by atoms with Crippen LogP contribution < -0.4 is 5.32 Å². The Labute approximate surface area is 135 Å². The highest BCUT2D eigenvalue weighted by atomic mass is 16.3. The Hall–Kier alpha value is -2.65. The van der Waals surface area contributed by atoms with Crippen LogP contribution in [0.2, 0.25) is 0 Å². The van der Waals surface area contributed by atoms with Crippen LogP contribution in [0.3, 0.4) is 0 Å². The van der Waals surface area contributed by atoms with Crippen LogP contribution in [-0.4, -0.2) is 17.6 Å². The maximum absolute atomic E-state index is 12.4. The number of aliphatic hydroxyl groups is 1. The lowest BCUT2D eigenvalue weighted by molar-refractivity contribution is 0.0944. The molecule has 1 atom stereocenters. The predicted molar refractivity (Wildman–Crippen MR) is 92.3 cm³/mol. The van der Waals surface area contributed by atoms with E-state index < -0.39 is 6.10 Å². The summed E-state index contributed by atoms with van der Waals surface area (Å²) in [6.07, 6.45) is -0.0791. The number of benzene rings is 3. The molecule has 1 amide bonds. The fourth-order valence-electron chi connectivity index (χ4n) is 2.68. The lowest BCUT2D eigenvalue weighted by atomic mass is 10.0. The van der Waals surface area contributed by atoms with Crippen molar-refractivity contribution < 1.29 is 9.90 Å². The van der Waals surface area contributed by atoms with Gasteiger partial charge in [0.15, 0.2) is 0 Å². The number of amides is 1. The summed E-state index contributed by atoms with van der Waals surface area (Å²) >= 11 is 0. The van der Waals surface area contributed by atoms with E-state index in [4.69, 9.17) is 0 Å². The van der Waals surface area contributed by atoms with Gasteiger partial charge in [-0.15, -0.1) is 0 Å². The minimum absolute atomic E-state index is 0.109. The summed E-state index contributed by atoms with van der Waals surface area (Å²) in [6.45, 7) is 0.429. The third kappa shape index (κ3) is 3.58. The van der Waals surface area contributed by atoms with Gasteiger partial charge in [-0.2, -0.15) is 0 Å². The number of hydrogen-bond acceptors (Lipinski definition) is 2. The SMILES string of the molecule is O=C(NCC[C@H](O)c1ccccc1)c1cccc2ccccc12. The van der Waals surface area contributed by atoms with Crippen LogP contribution in [0.25, 0.3) is 10.8 Å². The van der Waals surface area contributed by atoms with Gasteiger partial charge in [-0.25, -0.2) is 0 Å². The minimum atomic E-state index is -0.566. The third-order valence-electron chi connectivity index (χ3n) is 3.92. The molecule has 3 aromatic rings. The van der Waals surface area contributed by atoms with E-state index in [0.717, 1.165) is 16.3 Å². The van der Waals surface area contributed by atoms with Crippen LogP contribution in [0, 0.1) is 0 Å². The van der Waals surface area contributed by atoms with Gasteiger partial charge in [0.2, 0.25) is 0 Å². The smallest absolute Gasteiger partial charge is 0.251 e. The topological polar surface area (TPSA) is 49.3 Å². The summed E-state index contributed by atoms with van der Waals surface area (Å²) in [5.74, 6) is -0.109. The molecule has 3 heteroatoms. The molecule has 3 rings (SSSR count). The van der Waals surface area contributed by atoms with Crippen molar-refractivity contribution in [2.24, 2.45) is 0 Å². The molecule has 0 aliphatic carbocycles. The molecule has 0 aromatic heterocycles. The van der Waals surface area contributed by atoms with Crippen molar-refractivity contribution in [1.82, 2.24) is 5.32 Å². The Morgan fingerprint density at radius 1 is 0.913 bits per heavy atom. The zero-order chi connectivity index (χ0) is 16.1. The highest BCUT2D eigenvalue weighted by Crippen LogP contribution is 2.19. The lowest BCUT2D eigenvalue weighted by Crippen LogP contribution is -2.25. The quantitative estimate of drug-likeness (QED) is 0.755. The van der Waals surface area contributed by atoms with Crippen LogP contribution in [0.4, 0.5) is 0 Å². The second-order valence-electron chi connectivity index (χ2n) is 5.50. The van der Waals surface area contributed by atoms with Crippen LogP contribution in [0.15, 0.2) is 72.8 Å². The van der Waals surface area contributed by atoms with Gasteiger partial charge in [-0.3, -0.25) is 4.79 Å². The van der Waals surface area contributed by atoms with Gasteiger partial charge in [0.1, 0.15) is 0 Å². The van der Waals surface area contributed by atoms with Crippen molar-refractivity contribution in [3.05, 3.63) is 83.9 Å². The standard InChI is InChI=1S/C20H19NO2/c22-19(16-8-2-1-3-9-16)13-14-21-20(23)18-12-6-10-15-7-4-5-11-17(15)18/h1-12,19,22H,13-14H2,(H,21,23)/t19-/m0/s1. The van der Waals surface area contributed by atoms with Gasteiger partial charge >= 0.3 is 0 Å². The summed E-state index contributed by atoms with van der Waals surface area (Å²) in [6, 6.07) is 23.0. The normalized spacial score (nSPS) is 12.0. The predicted octanol–water partition coefficient (Wildman–Crippen LogP) is 3.69. The average molecular weight is 305 g/mol. The van der Waals surface area contributed by atoms with E-state index in [1.165, 1.54) is 0 Å². The number of carbonyl (C=O) groups is 1. The molecule has 0 saturated carbocycles. The van der Waals surface area contributed by atoms with Crippen LogP contribution in [0.1, 0.15) is 28.4 Å². The summed E-state index contributed by atoms with van der Waals surface area (Å²) in [4.78, 5) is 12.4. The van der Waals surface area contributed by atoms with E-state index in [-0.39, 0.29) is 5.91 Å². The largest absolute Gasteiger partial charge is 0.388 e. The summed E-state index contributed by atoms with van der Waals surface area (Å²) < 4.78 is 0. The fraction of sp³-hybridized carbons (Fsp3) is 0.150. The van der Waals surface area contributed by atoms with Crippen molar-refractivity contribution in [3.63, 3.8) is 0 Å². The van der Waals surface area contributed by atoms with Gasteiger partial charge < -0.3 is 10.4 Å². The fourth-order valence-corrected chi connectivity index (χ4v) is 2.68. The summed E-state index contributed by atoms with van der Waals surface area (Å²) in [5.41, 5.74) is 1.53. The molecule has 0 aliphatic rings. The Morgan fingerprint density at radius 3 is 2.43 bits per heavy atom. The molecule has 0 heterocycles. The van der Waals surface area contributed by atoms with Crippen LogP contribution in [0.5, 0.6) is 0 Å². The van der Waals surface area contributed by atoms with Gasteiger partial charge in [-0.05, 0) is 28.8 Å². The molecule has 0 fully saturated rings. The molecule has 3 aromatic carbocycles. The zero-order valence-corrected chi connectivity index (χ0v) is 12.8. The Morgan fingerprint density at radius 2 is 1.61 bits per heavy atom. The van der Waals surface area contributed by atoms with Crippen molar-refractivity contribution in [2.45, 2.75) is 12.5 Å². The first-order valence-corrected chi connectivity index (χ1v) is 7.74. The number of carbonyl (C=O) groups excluding carboxylic acids is 1. The first-order valence-electron chi connectivity index (χ1n) is 7.74. The van der Waals surface area contributed by atoms with Gasteiger partial charge in [0.05, 0.1) is 6.10 Å². The molecule has 3 nitrogen and oxygen atoms in total.